The van der Waals surface area contributed by atoms with Gasteiger partial charge in [0.15, 0.2) is 0 Å². The van der Waals surface area contributed by atoms with Gasteiger partial charge in [0.1, 0.15) is 22.3 Å². The zero-order valence-electron chi connectivity index (χ0n) is 25.4. The van der Waals surface area contributed by atoms with E-state index in [-0.39, 0.29) is 0 Å². The molecule has 0 amide bonds. The Balaban J connectivity index is 1.20. The number of benzene rings is 8. The average molecular weight is 602 g/mol. The predicted molar refractivity (Wildman–Crippen MR) is 196 cm³/mol. The highest BCUT2D eigenvalue weighted by molar-refractivity contribution is 6.15. The first kappa shape index (κ1) is 26.0. The number of hydrogen-bond acceptors (Lipinski definition) is 3. The van der Waals surface area contributed by atoms with Gasteiger partial charge in [-0.3, -0.25) is 0 Å². The fourth-order valence-electron chi connectivity index (χ4n) is 7.30. The normalized spacial score (nSPS) is 11.8. The highest BCUT2D eigenvalue weighted by Gasteiger charge is 2.20. The van der Waals surface area contributed by atoms with Gasteiger partial charge in [0, 0.05) is 27.5 Å². The molecule has 2 heterocycles. The van der Waals surface area contributed by atoms with Crippen molar-refractivity contribution in [3.63, 3.8) is 0 Å². The molecule has 0 aliphatic heterocycles. The van der Waals surface area contributed by atoms with Gasteiger partial charge in [-0.2, -0.15) is 0 Å². The van der Waals surface area contributed by atoms with E-state index >= 15 is 0 Å². The van der Waals surface area contributed by atoms with Crippen LogP contribution in [0.1, 0.15) is 0 Å². The van der Waals surface area contributed by atoms with Gasteiger partial charge in [0.25, 0.3) is 0 Å². The topological polar surface area (TPSA) is 29.5 Å². The van der Waals surface area contributed by atoms with E-state index in [1.807, 2.05) is 30.3 Å². The summed E-state index contributed by atoms with van der Waals surface area (Å²) in [6.45, 7) is 0. The van der Waals surface area contributed by atoms with E-state index in [0.29, 0.717) is 0 Å². The van der Waals surface area contributed by atoms with Crippen LogP contribution in [0.4, 0.5) is 17.1 Å². The van der Waals surface area contributed by atoms with Gasteiger partial charge in [0.2, 0.25) is 0 Å². The fraction of sp³-hybridized carbons (Fsp3) is 0. The van der Waals surface area contributed by atoms with Gasteiger partial charge in [-0.05, 0) is 87.3 Å². The summed E-state index contributed by atoms with van der Waals surface area (Å²) in [6, 6.07) is 57.9. The number of rotatable bonds is 4. The minimum Gasteiger partial charge on any atom is -0.456 e. The molecule has 8 aromatic carbocycles. The second-order valence-electron chi connectivity index (χ2n) is 12.1. The molecule has 220 valence electrons. The molecule has 2 aromatic heterocycles. The summed E-state index contributed by atoms with van der Waals surface area (Å²) in [6.07, 6.45) is 0. The van der Waals surface area contributed by atoms with E-state index in [9.17, 15) is 0 Å². The third kappa shape index (κ3) is 4.00. The zero-order valence-corrected chi connectivity index (χ0v) is 25.4. The largest absolute Gasteiger partial charge is 0.456 e. The number of fused-ring (bicyclic) bond motifs is 9. The Morgan fingerprint density at radius 3 is 1.68 bits per heavy atom. The van der Waals surface area contributed by atoms with Crippen LogP contribution < -0.4 is 4.90 Å². The SMILES string of the molecule is c1ccc2c(c1)ccc1ccc(N(c3ccc(-c4cccc5oc6ccccc6c45)cc3)c3cccc4oc5ccccc5c34)cc12. The minimum atomic E-state index is 0.870. The summed E-state index contributed by atoms with van der Waals surface area (Å²) < 4.78 is 12.6. The van der Waals surface area contributed by atoms with E-state index in [1.54, 1.807) is 0 Å². The monoisotopic (exact) mass is 601 g/mol. The van der Waals surface area contributed by atoms with Crippen molar-refractivity contribution in [1.82, 2.24) is 0 Å². The molecule has 3 heteroatoms. The maximum absolute atomic E-state index is 6.35. The van der Waals surface area contributed by atoms with Gasteiger partial charge in [0.05, 0.1) is 11.1 Å². The Morgan fingerprint density at radius 1 is 0.362 bits per heavy atom. The lowest BCUT2D eigenvalue weighted by Crippen LogP contribution is -2.10. The van der Waals surface area contributed by atoms with Gasteiger partial charge < -0.3 is 13.7 Å². The number of nitrogens with zero attached hydrogens (tertiary/aromatic N) is 1. The van der Waals surface area contributed by atoms with Crippen LogP contribution in [0.15, 0.2) is 173 Å². The molecule has 0 saturated carbocycles. The van der Waals surface area contributed by atoms with Crippen LogP contribution in [0.25, 0.3) is 76.5 Å². The molecule has 0 unspecified atom stereocenters. The first-order chi connectivity index (χ1) is 23.3. The van der Waals surface area contributed by atoms with E-state index in [0.717, 1.165) is 72.1 Å². The van der Waals surface area contributed by atoms with Crippen LogP contribution >= 0.6 is 0 Å². The first-order valence-electron chi connectivity index (χ1n) is 15.9. The number of furan rings is 2. The van der Waals surface area contributed by atoms with E-state index in [4.69, 9.17) is 8.83 Å². The van der Waals surface area contributed by atoms with Crippen molar-refractivity contribution in [3.8, 4) is 11.1 Å². The molecular formula is C44H27NO2. The second-order valence-corrected chi connectivity index (χ2v) is 12.1. The molecule has 0 saturated heterocycles. The summed E-state index contributed by atoms with van der Waals surface area (Å²) in [5.74, 6) is 0. The molecule has 10 aromatic rings. The summed E-state index contributed by atoms with van der Waals surface area (Å²) in [4.78, 5) is 2.36. The summed E-state index contributed by atoms with van der Waals surface area (Å²) in [5.41, 5.74) is 9.08. The van der Waals surface area contributed by atoms with Gasteiger partial charge in [-0.25, -0.2) is 0 Å². The maximum Gasteiger partial charge on any atom is 0.137 e. The zero-order chi connectivity index (χ0) is 30.9. The Hall–Kier alpha value is -6.32. The molecular weight excluding hydrogens is 574 g/mol. The Bertz CT molecular complexity index is 2800. The fourth-order valence-corrected chi connectivity index (χ4v) is 7.30. The van der Waals surface area contributed by atoms with Crippen molar-refractivity contribution in [2.45, 2.75) is 0 Å². The van der Waals surface area contributed by atoms with Crippen molar-refractivity contribution in [1.29, 1.82) is 0 Å². The quantitative estimate of drug-likeness (QED) is 0.188. The molecule has 0 bridgehead atoms. The molecule has 0 spiro atoms. The summed E-state index contributed by atoms with van der Waals surface area (Å²) >= 11 is 0. The van der Waals surface area contributed by atoms with Gasteiger partial charge in [-0.1, -0.05) is 109 Å². The Labute approximate surface area is 270 Å². The molecule has 10 rings (SSSR count). The smallest absolute Gasteiger partial charge is 0.137 e. The molecule has 0 radical (unpaired) electrons. The van der Waals surface area contributed by atoms with Crippen LogP contribution in [0.3, 0.4) is 0 Å². The average Bonchev–Trinajstić information content (AvgIpc) is 3.71. The predicted octanol–water partition coefficient (Wildman–Crippen LogP) is 12.9. The number of hydrogen-bond donors (Lipinski definition) is 0. The number of para-hydroxylation sites is 2. The van der Waals surface area contributed by atoms with Crippen molar-refractivity contribution >= 4 is 82.5 Å². The molecule has 47 heavy (non-hydrogen) atoms. The van der Waals surface area contributed by atoms with E-state index in [2.05, 4.69) is 138 Å². The lowest BCUT2D eigenvalue weighted by molar-refractivity contribution is 0.668. The second kappa shape index (κ2) is 10.1. The maximum atomic E-state index is 6.35. The van der Waals surface area contributed by atoms with Crippen LogP contribution in [0, 0.1) is 0 Å². The van der Waals surface area contributed by atoms with Crippen LogP contribution in [0.5, 0.6) is 0 Å². The standard InChI is InChI=1S/C44H27NO2/c1-2-10-33-28(9-1)19-20-30-23-26-32(27-37(30)33)45(38-14-8-18-42-44(38)36-12-4-6-16-40(36)47-42)31-24-21-29(22-25-31)34-13-7-17-41-43(34)35-11-3-5-15-39(35)46-41/h1-27H. The Morgan fingerprint density at radius 2 is 0.915 bits per heavy atom. The lowest BCUT2D eigenvalue weighted by Gasteiger charge is -2.27. The molecule has 0 fully saturated rings. The van der Waals surface area contributed by atoms with Crippen LogP contribution in [-0.4, -0.2) is 0 Å². The molecule has 3 nitrogen and oxygen atoms in total. The van der Waals surface area contributed by atoms with Crippen LogP contribution in [0.2, 0.25) is 0 Å². The third-order valence-electron chi connectivity index (χ3n) is 9.45. The van der Waals surface area contributed by atoms with Crippen molar-refractivity contribution in [2.75, 3.05) is 4.90 Å². The van der Waals surface area contributed by atoms with E-state index in [1.165, 1.54) is 21.5 Å². The van der Waals surface area contributed by atoms with Crippen molar-refractivity contribution < 1.29 is 8.83 Å². The van der Waals surface area contributed by atoms with Gasteiger partial charge in [-0.15, -0.1) is 0 Å². The van der Waals surface area contributed by atoms with Crippen molar-refractivity contribution in [3.05, 3.63) is 164 Å². The molecule has 0 atom stereocenters. The van der Waals surface area contributed by atoms with Crippen molar-refractivity contribution in [2.24, 2.45) is 0 Å². The van der Waals surface area contributed by atoms with Gasteiger partial charge >= 0.3 is 0 Å². The minimum absolute atomic E-state index is 0.870. The highest BCUT2D eigenvalue weighted by Crippen LogP contribution is 2.45. The molecule has 0 N–H and O–H groups in total. The molecule has 0 aliphatic carbocycles. The highest BCUT2D eigenvalue weighted by atomic mass is 16.3. The molecule has 0 aliphatic rings. The number of anilines is 3. The first-order valence-corrected chi connectivity index (χ1v) is 15.9. The lowest BCUT2D eigenvalue weighted by atomic mass is 9.98. The Kier molecular flexibility index (Phi) is 5.57. The van der Waals surface area contributed by atoms with E-state index < -0.39 is 0 Å². The summed E-state index contributed by atoms with van der Waals surface area (Å²) in [7, 11) is 0. The van der Waals surface area contributed by atoms with Crippen LogP contribution in [-0.2, 0) is 0 Å². The third-order valence-corrected chi connectivity index (χ3v) is 9.45. The summed E-state index contributed by atoms with van der Waals surface area (Å²) in [5, 5.41) is 9.39.